The summed E-state index contributed by atoms with van der Waals surface area (Å²) in [5.41, 5.74) is 3.74. The van der Waals surface area contributed by atoms with Gasteiger partial charge in [0.1, 0.15) is 5.75 Å². The number of allylic oxidation sites excluding steroid dienone is 1. The number of aryl methyl sites for hydroxylation is 1. The molecule has 2 rings (SSSR count). The van der Waals surface area contributed by atoms with Crippen LogP contribution in [-0.4, -0.2) is 7.11 Å². The number of halogens is 1. The third-order valence-electron chi connectivity index (χ3n) is 2.69. The van der Waals surface area contributed by atoms with Crippen molar-refractivity contribution in [1.29, 1.82) is 0 Å². The van der Waals surface area contributed by atoms with E-state index >= 15 is 0 Å². The molecule has 0 aliphatic heterocycles. The van der Waals surface area contributed by atoms with Crippen LogP contribution in [0.3, 0.4) is 0 Å². The van der Waals surface area contributed by atoms with Crippen molar-refractivity contribution in [3.05, 3.63) is 34.9 Å². The SMILES string of the molecule is COc1ccc2c(c1)CCC(C)=C2Cl. The molecule has 0 spiro atoms. The first-order chi connectivity index (χ1) is 6.72. The Morgan fingerprint density at radius 3 is 2.79 bits per heavy atom. The molecule has 0 heterocycles. The van der Waals surface area contributed by atoms with Gasteiger partial charge in [0.05, 0.1) is 7.11 Å². The number of hydrogen-bond donors (Lipinski definition) is 0. The first kappa shape index (κ1) is 9.60. The van der Waals surface area contributed by atoms with Gasteiger partial charge in [0.2, 0.25) is 0 Å². The summed E-state index contributed by atoms with van der Waals surface area (Å²) >= 11 is 6.23. The molecule has 0 radical (unpaired) electrons. The summed E-state index contributed by atoms with van der Waals surface area (Å²) in [7, 11) is 1.69. The van der Waals surface area contributed by atoms with E-state index in [0.717, 1.165) is 29.2 Å². The third kappa shape index (κ3) is 1.53. The summed E-state index contributed by atoms with van der Waals surface area (Å²) in [5.74, 6) is 0.910. The van der Waals surface area contributed by atoms with Crippen molar-refractivity contribution in [2.75, 3.05) is 7.11 Å². The highest BCUT2D eigenvalue weighted by atomic mass is 35.5. The number of hydrogen-bond acceptors (Lipinski definition) is 1. The van der Waals surface area contributed by atoms with Crippen LogP contribution in [0.25, 0.3) is 5.03 Å². The molecular formula is C12H13ClO. The van der Waals surface area contributed by atoms with Crippen molar-refractivity contribution in [2.45, 2.75) is 19.8 Å². The van der Waals surface area contributed by atoms with E-state index in [1.54, 1.807) is 7.11 Å². The first-order valence-corrected chi connectivity index (χ1v) is 5.12. The largest absolute Gasteiger partial charge is 0.497 e. The smallest absolute Gasteiger partial charge is 0.119 e. The van der Waals surface area contributed by atoms with E-state index < -0.39 is 0 Å². The number of methoxy groups -OCH3 is 1. The normalized spacial score (nSPS) is 15.4. The van der Waals surface area contributed by atoms with Crippen LogP contribution in [0, 0.1) is 0 Å². The Labute approximate surface area is 89.3 Å². The van der Waals surface area contributed by atoms with Gasteiger partial charge in [-0.2, -0.15) is 0 Å². The summed E-state index contributed by atoms with van der Waals surface area (Å²) in [6, 6.07) is 6.07. The maximum Gasteiger partial charge on any atom is 0.119 e. The standard InChI is InChI=1S/C12H13ClO/c1-8-3-4-9-7-10(14-2)5-6-11(9)12(8)13/h5-7H,3-4H2,1-2H3. The zero-order valence-corrected chi connectivity index (χ0v) is 9.19. The van der Waals surface area contributed by atoms with Crippen molar-refractivity contribution in [1.82, 2.24) is 0 Å². The van der Waals surface area contributed by atoms with Crippen molar-refractivity contribution in [2.24, 2.45) is 0 Å². The lowest BCUT2D eigenvalue weighted by molar-refractivity contribution is 0.414. The van der Waals surface area contributed by atoms with E-state index in [-0.39, 0.29) is 0 Å². The molecule has 0 amide bonds. The van der Waals surface area contributed by atoms with Crippen LogP contribution in [0.4, 0.5) is 0 Å². The topological polar surface area (TPSA) is 9.23 Å². The van der Waals surface area contributed by atoms with Crippen molar-refractivity contribution >= 4 is 16.6 Å². The van der Waals surface area contributed by atoms with E-state index in [1.807, 2.05) is 12.1 Å². The number of benzene rings is 1. The van der Waals surface area contributed by atoms with Gasteiger partial charge in [-0.1, -0.05) is 17.2 Å². The van der Waals surface area contributed by atoms with Gasteiger partial charge in [-0.3, -0.25) is 0 Å². The molecular weight excluding hydrogens is 196 g/mol. The average molecular weight is 209 g/mol. The molecule has 1 aromatic carbocycles. The molecule has 14 heavy (non-hydrogen) atoms. The van der Waals surface area contributed by atoms with Crippen molar-refractivity contribution in [3.8, 4) is 5.75 Å². The summed E-state index contributed by atoms with van der Waals surface area (Å²) in [6.45, 7) is 2.09. The van der Waals surface area contributed by atoms with Crippen LogP contribution in [0.2, 0.25) is 0 Å². The van der Waals surface area contributed by atoms with Gasteiger partial charge in [-0.15, -0.1) is 0 Å². The molecule has 1 aromatic rings. The van der Waals surface area contributed by atoms with Gasteiger partial charge in [-0.05, 0) is 49.1 Å². The monoisotopic (exact) mass is 208 g/mol. The van der Waals surface area contributed by atoms with Crippen LogP contribution in [0.5, 0.6) is 5.75 Å². The van der Waals surface area contributed by atoms with Gasteiger partial charge in [0.15, 0.2) is 0 Å². The summed E-state index contributed by atoms with van der Waals surface area (Å²) in [4.78, 5) is 0. The second-order valence-electron chi connectivity index (χ2n) is 3.62. The van der Waals surface area contributed by atoms with E-state index in [9.17, 15) is 0 Å². The maximum atomic E-state index is 6.23. The molecule has 74 valence electrons. The molecule has 0 bridgehead atoms. The second kappa shape index (κ2) is 3.66. The Hall–Kier alpha value is -0.950. The fourth-order valence-electron chi connectivity index (χ4n) is 1.78. The summed E-state index contributed by atoms with van der Waals surface area (Å²) in [6.07, 6.45) is 2.12. The predicted molar refractivity (Wildman–Crippen MR) is 59.8 cm³/mol. The van der Waals surface area contributed by atoms with E-state index in [4.69, 9.17) is 16.3 Å². The molecule has 1 aliphatic rings. The Kier molecular flexibility index (Phi) is 2.51. The van der Waals surface area contributed by atoms with Gasteiger partial charge in [0.25, 0.3) is 0 Å². The first-order valence-electron chi connectivity index (χ1n) is 4.75. The highest BCUT2D eigenvalue weighted by Crippen LogP contribution is 2.35. The predicted octanol–water partition coefficient (Wildman–Crippen LogP) is 3.61. The zero-order valence-electron chi connectivity index (χ0n) is 8.43. The fourth-order valence-corrected chi connectivity index (χ4v) is 2.06. The minimum atomic E-state index is 0.910. The van der Waals surface area contributed by atoms with Crippen LogP contribution in [0.1, 0.15) is 24.5 Å². The lowest BCUT2D eigenvalue weighted by Gasteiger charge is -2.18. The number of fused-ring (bicyclic) bond motifs is 1. The van der Waals surface area contributed by atoms with E-state index in [1.165, 1.54) is 11.1 Å². The molecule has 0 unspecified atom stereocenters. The second-order valence-corrected chi connectivity index (χ2v) is 4.00. The lowest BCUT2D eigenvalue weighted by atomic mass is 9.92. The molecule has 0 fully saturated rings. The van der Waals surface area contributed by atoms with Gasteiger partial charge in [0, 0.05) is 5.03 Å². The molecule has 0 atom stereocenters. The van der Waals surface area contributed by atoms with Crippen molar-refractivity contribution < 1.29 is 4.74 Å². The Morgan fingerprint density at radius 2 is 2.07 bits per heavy atom. The molecule has 0 saturated heterocycles. The molecule has 2 heteroatoms. The van der Waals surface area contributed by atoms with Gasteiger partial charge >= 0.3 is 0 Å². The molecule has 1 aliphatic carbocycles. The van der Waals surface area contributed by atoms with Gasteiger partial charge in [-0.25, -0.2) is 0 Å². The summed E-state index contributed by atoms with van der Waals surface area (Å²) in [5, 5.41) is 0.911. The lowest BCUT2D eigenvalue weighted by Crippen LogP contribution is -2.01. The molecule has 0 N–H and O–H groups in total. The number of rotatable bonds is 1. The highest BCUT2D eigenvalue weighted by molar-refractivity contribution is 6.49. The van der Waals surface area contributed by atoms with E-state index in [0.29, 0.717) is 0 Å². The van der Waals surface area contributed by atoms with E-state index in [2.05, 4.69) is 13.0 Å². The fraction of sp³-hybridized carbons (Fsp3) is 0.333. The van der Waals surface area contributed by atoms with Gasteiger partial charge < -0.3 is 4.74 Å². The quantitative estimate of drug-likeness (QED) is 0.685. The number of ether oxygens (including phenoxy) is 1. The minimum Gasteiger partial charge on any atom is -0.497 e. The molecule has 1 nitrogen and oxygen atoms in total. The minimum absolute atomic E-state index is 0.910. The van der Waals surface area contributed by atoms with Crippen LogP contribution >= 0.6 is 11.6 Å². The Morgan fingerprint density at radius 1 is 1.29 bits per heavy atom. The highest BCUT2D eigenvalue weighted by Gasteiger charge is 2.15. The Bertz CT molecular complexity index is 393. The van der Waals surface area contributed by atoms with Crippen LogP contribution in [0.15, 0.2) is 23.8 Å². The van der Waals surface area contributed by atoms with Crippen LogP contribution in [-0.2, 0) is 6.42 Å². The maximum absolute atomic E-state index is 6.23. The Balaban J connectivity index is 2.51. The van der Waals surface area contributed by atoms with Crippen molar-refractivity contribution in [3.63, 3.8) is 0 Å². The molecule has 0 saturated carbocycles. The average Bonchev–Trinajstić information content (AvgIpc) is 2.23. The zero-order chi connectivity index (χ0) is 10.1. The third-order valence-corrected chi connectivity index (χ3v) is 3.22. The molecule has 0 aromatic heterocycles. The van der Waals surface area contributed by atoms with Crippen LogP contribution < -0.4 is 4.74 Å². The summed E-state index contributed by atoms with van der Waals surface area (Å²) < 4.78 is 5.18.